The first kappa shape index (κ1) is 33.7. The maximum Gasteiger partial charge on any atom is 0.490 e. The Morgan fingerprint density at radius 3 is 1.91 bits per heavy atom. The highest BCUT2D eigenvalue weighted by Crippen LogP contribution is 2.36. The normalized spacial score (nSPS) is 13.3. The quantitative estimate of drug-likeness (QED) is 0.195. The molecule has 0 saturated heterocycles. The maximum atomic E-state index is 13.7. The molecule has 0 fully saturated rings. The Morgan fingerprint density at radius 1 is 0.750 bits per heavy atom. The Balaban J connectivity index is 0.000000676. The number of aromatic nitrogens is 1. The average molecular weight is 631 g/mol. The fourth-order valence-corrected chi connectivity index (χ4v) is 4.14. The van der Waals surface area contributed by atoms with Gasteiger partial charge in [0.15, 0.2) is 0 Å². The maximum absolute atomic E-state index is 13.7. The molecule has 4 aromatic rings. The van der Waals surface area contributed by atoms with Gasteiger partial charge in [0.25, 0.3) is 0 Å². The van der Waals surface area contributed by atoms with Gasteiger partial charge >= 0.3 is 30.5 Å². The SMILES string of the molecule is C[C@H](NC(=O)N[C@@H](c1ccc(C(F)(F)F)cc1)c1ncccc1C(F)(F)F)c1cccc2ccccc12.O=C(O)C(F)(F)F. The summed E-state index contributed by atoms with van der Waals surface area (Å²) in [5.41, 5.74) is -1.83. The Bertz CT molecular complexity index is 1600. The zero-order valence-corrected chi connectivity index (χ0v) is 22.4. The van der Waals surface area contributed by atoms with Gasteiger partial charge in [-0.25, -0.2) is 9.59 Å². The minimum atomic E-state index is -5.08. The van der Waals surface area contributed by atoms with Gasteiger partial charge in [0.05, 0.1) is 28.9 Å². The van der Waals surface area contributed by atoms with Gasteiger partial charge in [-0.2, -0.15) is 39.5 Å². The number of nitrogens with zero attached hydrogens (tertiary/aromatic N) is 1. The third-order valence-corrected chi connectivity index (χ3v) is 6.14. The molecule has 1 aromatic heterocycles. The van der Waals surface area contributed by atoms with Crippen LogP contribution in [0.3, 0.4) is 0 Å². The van der Waals surface area contributed by atoms with Crippen molar-refractivity contribution in [2.24, 2.45) is 0 Å². The molecule has 0 bridgehead atoms. The second-order valence-electron chi connectivity index (χ2n) is 9.20. The number of pyridine rings is 1. The van der Waals surface area contributed by atoms with Crippen molar-refractivity contribution < 1.29 is 54.2 Å². The third-order valence-electron chi connectivity index (χ3n) is 6.14. The van der Waals surface area contributed by atoms with E-state index in [9.17, 15) is 44.3 Å². The molecule has 3 aromatic carbocycles. The number of carboxylic acids is 1. The van der Waals surface area contributed by atoms with E-state index in [1.165, 1.54) is 0 Å². The predicted octanol–water partition coefficient (Wildman–Crippen LogP) is 8.06. The van der Waals surface area contributed by atoms with Crippen LogP contribution in [-0.4, -0.2) is 28.3 Å². The van der Waals surface area contributed by atoms with Gasteiger partial charge in [0, 0.05) is 6.20 Å². The second kappa shape index (κ2) is 13.2. The molecule has 44 heavy (non-hydrogen) atoms. The smallest absolute Gasteiger partial charge is 0.475 e. The van der Waals surface area contributed by atoms with Gasteiger partial charge in [-0.15, -0.1) is 0 Å². The number of fused-ring (bicyclic) bond motifs is 1. The molecule has 3 N–H and O–H groups in total. The molecule has 0 radical (unpaired) electrons. The summed E-state index contributed by atoms with van der Waals surface area (Å²) in [7, 11) is 0. The molecule has 6 nitrogen and oxygen atoms in total. The van der Waals surface area contributed by atoms with E-state index in [1.807, 2.05) is 42.5 Å². The number of carbonyl (C=O) groups excluding carboxylic acids is 1. The van der Waals surface area contributed by atoms with Crippen molar-refractivity contribution in [3.8, 4) is 0 Å². The third kappa shape index (κ3) is 8.61. The number of halogens is 9. The molecule has 0 aliphatic heterocycles. The standard InChI is InChI=1S/C27H21F6N3O.C2HF3O2/c1-16(20-9-4-7-17-6-2-3-8-21(17)20)35-25(37)36-23(18-11-13-19(14-12-18)26(28,29)30)24-22(27(31,32)33)10-5-15-34-24;3-2(4,5)1(6)7/h2-16,23H,1H3,(H2,35,36,37);(H,6,7)/t16-,23-;/m0./s1. The first-order valence-electron chi connectivity index (χ1n) is 12.4. The summed E-state index contributed by atoms with van der Waals surface area (Å²) in [6, 6.07) is 15.7. The fourth-order valence-electron chi connectivity index (χ4n) is 4.14. The fraction of sp³-hybridized carbons (Fsp3) is 0.207. The number of carboxylic acid groups (broad SMARTS) is 1. The van der Waals surface area contributed by atoms with E-state index in [1.54, 1.807) is 6.92 Å². The molecular formula is C29H22F9N3O3. The summed E-state index contributed by atoms with van der Waals surface area (Å²) in [6.45, 7) is 1.72. The highest BCUT2D eigenvalue weighted by molar-refractivity contribution is 5.86. The van der Waals surface area contributed by atoms with Gasteiger partial charge in [-0.1, -0.05) is 54.6 Å². The summed E-state index contributed by atoms with van der Waals surface area (Å²) in [5.74, 6) is -2.76. The first-order chi connectivity index (χ1) is 20.4. The number of nitrogens with one attached hydrogen (secondary N) is 2. The molecular weight excluding hydrogens is 609 g/mol. The largest absolute Gasteiger partial charge is 0.490 e. The van der Waals surface area contributed by atoms with Gasteiger partial charge in [-0.3, -0.25) is 4.98 Å². The predicted molar refractivity (Wildman–Crippen MR) is 140 cm³/mol. The van der Waals surface area contributed by atoms with Gasteiger partial charge < -0.3 is 15.7 Å². The number of alkyl halides is 9. The van der Waals surface area contributed by atoms with E-state index in [4.69, 9.17) is 9.90 Å². The lowest BCUT2D eigenvalue weighted by Crippen LogP contribution is -2.40. The van der Waals surface area contributed by atoms with Crippen molar-refractivity contribution in [3.05, 3.63) is 113 Å². The van der Waals surface area contributed by atoms with Crippen LogP contribution in [0, 0.1) is 0 Å². The minimum absolute atomic E-state index is 0.00478. The number of benzene rings is 3. The Morgan fingerprint density at radius 2 is 1.34 bits per heavy atom. The van der Waals surface area contributed by atoms with Crippen molar-refractivity contribution in [2.45, 2.75) is 37.5 Å². The Hall–Kier alpha value is -4.82. The zero-order valence-electron chi connectivity index (χ0n) is 22.4. The summed E-state index contributed by atoms with van der Waals surface area (Å²) >= 11 is 0. The second-order valence-corrected chi connectivity index (χ2v) is 9.20. The Kier molecular flexibility index (Phi) is 10.1. The average Bonchev–Trinajstić information content (AvgIpc) is 2.94. The van der Waals surface area contributed by atoms with Crippen molar-refractivity contribution in [1.82, 2.24) is 15.6 Å². The monoisotopic (exact) mass is 631 g/mol. The van der Waals surface area contributed by atoms with Crippen molar-refractivity contribution in [1.29, 1.82) is 0 Å². The zero-order chi connectivity index (χ0) is 32.9. The molecule has 0 aliphatic rings. The lowest BCUT2D eigenvalue weighted by atomic mass is 9.97. The van der Waals surface area contributed by atoms with E-state index >= 15 is 0 Å². The van der Waals surface area contributed by atoms with E-state index in [0.717, 1.165) is 58.9 Å². The van der Waals surface area contributed by atoms with Crippen LogP contribution in [0.1, 0.15) is 47.0 Å². The van der Waals surface area contributed by atoms with E-state index < -0.39 is 59.4 Å². The van der Waals surface area contributed by atoms with Gasteiger partial charge in [-0.05, 0) is 53.1 Å². The molecule has 4 rings (SSSR count). The van der Waals surface area contributed by atoms with E-state index in [-0.39, 0.29) is 5.56 Å². The first-order valence-corrected chi connectivity index (χ1v) is 12.4. The van der Waals surface area contributed by atoms with E-state index in [0.29, 0.717) is 0 Å². The number of carbonyl (C=O) groups is 2. The molecule has 2 atom stereocenters. The van der Waals surface area contributed by atoms with Crippen LogP contribution in [0.2, 0.25) is 0 Å². The van der Waals surface area contributed by atoms with Crippen LogP contribution in [-0.2, 0) is 17.1 Å². The molecule has 0 spiro atoms. The Labute approximate surface area is 243 Å². The van der Waals surface area contributed by atoms with Gasteiger partial charge in [0.1, 0.15) is 0 Å². The van der Waals surface area contributed by atoms with Crippen LogP contribution in [0.15, 0.2) is 85.1 Å². The summed E-state index contributed by atoms with van der Waals surface area (Å²) < 4.78 is 112. The van der Waals surface area contributed by atoms with Crippen LogP contribution in [0.5, 0.6) is 0 Å². The van der Waals surface area contributed by atoms with Crippen LogP contribution in [0.25, 0.3) is 10.8 Å². The lowest BCUT2D eigenvalue weighted by molar-refractivity contribution is -0.192. The topological polar surface area (TPSA) is 91.3 Å². The molecule has 0 unspecified atom stereocenters. The summed E-state index contributed by atoms with van der Waals surface area (Å²) in [6.07, 6.45) is -13.4. The molecule has 2 amide bonds. The summed E-state index contributed by atoms with van der Waals surface area (Å²) in [4.78, 5) is 25.7. The number of hydrogen-bond donors (Lipinski definition) is 3. The van der Waals surface area contributed by atoms with Gasteiger partial charge in [0.2, 0.25) is 0 Å². The number of rotatable bonds is 5. The number of amides is 2. The van der Waals surface area contributed by atoms with Crippen molar-refractivity contribution >= 4 is 22.8 Å². The highest BCUT2D eigenvalue weighted by Gasteiger charge is 2.39. The molecule has 234 valence electrons. The van der Waals surface area contributed by atoms with Crippen LogP contribution < -0.4 is 10.6 Å². The number of aliphatic carboxylic acids is 1. The minimum Gasteiger partial charge on any atom is -0.475 e. The van der Waals surface area contributed by atoms with E-state index in [2.05, 4.69) is 15.6 Å². The van der Waals surface area contributed by atoms with Crippen LogP contribution in [0.4, 0.5) is 44.3 Å². The van der Waals surface area contributed by atoms with Crippen LogP contribution >= 0.6 is 0 Å². The number of urea groups is 1. The molecule has 15 heteroatoms. The summed E-state index contributed by atoms with van der Waals surface area (Å²) in [5, 5.41) is 14.1. The van der Waals surface area contributed by atoms with Crippen molar-refractivity contribution in [3.63, 3.8) is 0 Å². The van der Waals surface area contributed by atoms with Crippen molar-refractivity contribution in [2.75, 3.05) is 0 Å². The molecule has 0 aliphatic carbocycles. The number of hydrogen-bond acceptors (Lipinski definition) is 3. The molecule has 0 saturated carbocycles. The lowest BCUT2D eigenvalue weighted by Gasteiger charge is -2.24. The highest BCUT2D eigenvalue weighted by atomic mass is 19.4. The molecule has 1 heterocycles.